The number of nitro benzene ring substituents is 1. The number of nitrogens with zero attached hydrogens (tertiary/aromatic N) is 1. The van der Waals surface area contributed by atoms with Crippen LogP contribution in [0.2, 0.25) is 0 Å². The topological polar surface area (TPSA) is 125 Å². The molecule has 0 unspecified atom stereocenters. The maximum Gasteiger partial charge on any atom is 0.336 e. The van der Waals surface area contributed by atoms with Crippen molar-refractivity contribution < 1.29 is 24.3 Å². The van der Waals surface area contributed by atoms with Gasteiger partial charge >= 0.3 is 5.97 Å². The van der Waals surface area contributed by atoms with Gasteiger partial charge in [0, 0.05) is 5.69 Å². The predicted octanol–water partition coefficient (Wildman–Crippen LogP) is 2.82. The lowest BCUT2D eigenvalue weighted by molar-refractivity contribution is -0.385. The van der Waals surface area contributed by atoms with Crippen LogP contribution in [-0.2, 0) is 4.79 Å². The van der Waals surface area contributed by atoms with E-state index in [9.17, 15) is 20.0 Å². The molecule has 3 N–H and O–H groups in total. The van der Waals surface area contributed by atoms with E-state index in [1.165, 1.54) is 44.6 Å². The molecule has 0 aliphatic carbocycles. The Morgan fingerprint density at radius 3 is 2.20 bits per heavy atom. The van der Waals surface area contributed by atoms with E-state index in [0.717, 1.165) is 0 Å². The summed E-state index contributed by atoms with van der Waals surface area (Å²) < 4.78 is 10.2. The van der Waals surface area contributed by atoms with Gasteiger partial charge in [-0.1, -0.05) is 12.1 Å². The summed E-state index contributed by atoms with van der Waals surface area (Å²) in [5.74, 6) is -0.800. The number of methoxy groups -OCH3 is 2. The van der Waals surface area contributed by atoms with Crippen LogP contribution in [0.25, 0.3) is 11.6 Å². The highest BCUT2D eigenvalue weighted by atomic mass is 16.6. The van der Waals surface area contributed by atoms with Crippen molar-refractivity contribution in [1.82, 2.24) is 0 Å². The van der Waals surface area contributed by atoms with Crippen LogP contribution in [0.5, 0.6) is 11.5 Å². The van der Waals surface area contributed by atoms with Gasteiger partial charge in [-0.25, -0.2) is 4.79 Å². The van der Waals surface area contributed by atoms with E-state index in [1.54, 1.807) is 12.1 Å². The van der Waals surface area contributed by atoms with Gasteiger partial charge in [-0.15, -0.1) is 0 Å². The summed E-state index contributed by atoms with van der Waals surface area (Å²) >= 11 is 0. The fourth-order valence-corrected chi connectivity index (χ4v) is 2.24. The largest absolute Gasteiger partial charge is 0.493 e. The van der Waals surface area contributed by atoms with Gasteiger partial charge in [-0.3, -0.25) is 10.1 Å². The summed E-state index contributed by atoms with van der Waals surface area (Å²) in [6.45, 7) is 0. The molecular formula is C17H16N2O6. The SMILES string of the molecule is COc1cc(/C=C(\C(=O)O)c2ccc(N)cc2)c([N+](=O)[O-])cc1OC. The zero-order valence-corrected chi connectivity index (χ0v) is 13.6. The molecule has 0 saturated carbocycles. The second-order valence-electron chi connectivity index (χ2n) is 5.01. The molecule has 0 spiro atoms. The smallest absolute Gasteiger partial charge is 0.336 e. The van der Waals surface area contributed by atoms with E-state index in [0.29, 0.717) is 11.3 Å². The third kappa shape index (κ3) is 3.86. The van der Waals surface area contributed by atoms with Crippen molar-refractivity contribution in [2.45, 2.75) is 0 Å². The Labute approximate surface area is 143 Å². The highest BCUT2D eigenvalue weighted by Gasteiger charge is 2.20. The summed E-state index contributed by atoms with van der Waals surface area (Å²) in [4.78, 5) is 22.3. The van der Waals surface area contributed by atoms with Crippen LogP contribution in [0.4, 0.5) is 11.4 Å². The first-order chi connectivity index (χ1) is 11.9. The van der Waals surface area contributed by atoms with E-state index in [4.69, 9.17) is 15.2 Å². The number of carbonyl (C=O) groups is 1. The average molecular weight is 344 g/mol. The monoisotopic (exact) mass is 344 g/mol. The van der Waals surface area contributed by atoms with Gasteiger partial charge in [0.05, 0.1) is 36.3 Å². The highest BCUT2D eigenvalue weighted by molar-refractivity contribution is 6.21. The number of benzene rings is 2. The number of anilines is 1. The van der Waals surface area contributed by atoms with Crippen molar-refractivity contribution >= 4 is 29.0 Å². The first-order valence-electron chi connectivity index (χ1n) is 7.08. The Balaban J connectivity index is 2.68. The molecule has 0 radical (unpaired) electrons. The normalized spacial score (nSPS) is 11.0. The molecule has 0 aliphatic heterocycles. The summed E-state index contributed by atoms with van der Waals surface area (Å²) in [5, 5.41) is 20.8. The average Bonchev–Trinajstić information content (AvgIpc) is 2.59. The van der Waals surface area contributed by atoms with Crippen molar-refractivity contribution in [1.29, 1.82) is 0 Å². The number of hydrogen-bond donors (Lipinski definition) is 2. The quantitative estimate of drug-likeness (QED) is 0.271. The minimum Gasteiger partial charge on any atom is -0.493 e. The van der Waals surface area contributed by atoms with E-state index in [1.807, 2.05) is 0 Å². The molecule has 2 aromatic rings. The molecule has 0 bridgehead atoms. The Kier molecular flexibility index (Phi) is 5.23. The van der Waals surface area contributed by atoms with Crippen molar-refractivity contribution in [3.8, 4) is 11.5 Å². The van der Waals surface area contributed by atoms with E-state index in [-0.39, 0.29) is 28.3 Å². The molecule has 0 atom stereocenters. The van der Waals surface area contributed by atoms with Crippen LogP contribution >= 0.6 is 0 Å². The maximum absolute atomic E-state index is 11.6. The van der Waals surface area contributed by atoms with E-state index < -0.39 is 10.9 Å². The Hall–Kier alpha value is -3.55. The zero-order chi connectivity index (χ0) is 18.6. The lowest BCUT2D eigenvalue weighted by Gasteiger charge is -2.10. The molecule has 8 nitrogen and oxygen atoms in total. The third-order valence-electron chi connectivity index (χ3n) is 3.48. The summed E-state index contributed by atoms with van der Waals surface area (Å²) in [5.41, 5.74) is 6.11. The number of hydrogen-bond acceptors (Lipinski definition) is 6. The second-order valence-corrected chi connectivity index (χ2v) is 5.01. The van der Waals surface area contributed by atoms with Crippen molar-refractivity contribution in [3.05, 3.63) is 57.6 Å². The molecule has 8 heteroatoms. The van der Waals surface area contributed by atoms with E-state index in [2.05, 4.69) is 0 Å². The van der Waals surface area contributed by atoms with Crippen LogP contribution < -0.4 is 15.2 Å². The number of nitrogens with two attached hydrogens (primary N) is 1. The minimum absolute atomic E-state index is 0.0804. The molecule has 0 saturated heterocycles. The minimum atomic E-state index is -1.23. The number of rotatable bonds is 6. The van der Waals surface area contributed by atoms with Gasteiger partial charge in [0.2, 0.25) is 0 Å². The van der Waals surface area contributed by atoms with Crippen LogP contribution in [0.1, 0.15) is 11.1 Å². The standard InChI is InChI=1S/C17H16N2O6/c1-24-15-8-11(14(19(22)23)9-16(15)25-2)7-13(17(20)21)10-3-5-12(18)6-4-10/h3-9H,18H2,1-2H3,(H,20,21)/b13-7-. The molecular weight excluding hydrogens is 328 g/mol. The second kappa shape index (κ2) is 7.35. The fourth-order valence-electron chi connectivity index (χ4n) is 2.24. The number of nitrogen functional groups attached to an aromatic ring is 1. The number of aliphatic carboxylic acids is 1. The summed E-state index contributed by atoms with van der Waals surface area (Å²) in [7, 11) is 2.74. The molecule has 2 rings (SSSR count). The lowest BCUT2D eigenvalue weighted by atomic mass is 10.0. The highest BCUT2D eigenvalue weighted by Crippen LogP contribution is 2.36. The fraction of sp³-hybridized carbons (Fsp3) is 0.118. The Morgan fingerprint density at radius 2 is 1.72 bits per heavy atom. The van der Waals surface area contributed by atoms with Gasteiger partial charge in [0.15, 0.2) is 11.5 Å². The molecule has 25 heavy (non-hydrogen) atoms. The summed E-state index contributed by atoms with van der Waals surface area (Å²) in [6.07, 6.45) is 1.22. The van der Waals surface area contributed by atoms with Crippen LogP contribution in [0.3, 0.4) is 0 Å². The number of carboxylic acids is 1. The maximum atomic E-state index is 11.6. The third-order valence-corrected chi connectivity index (χ3v) is 3.48. The first-order valence-corrected chi connectivity index (χ1v) is 7.08. The molecule has 0 amide bonds. The van der Waals surface area contributed by atoms with E-state index >= 15 is 0 Å². The van der Waals surface area contributed by atoms with Gasteiger partial charge in [0.1, 0.15) is 0 Å². The number of ether oxygens (including phenoxy) is 2. The van der Waals surface area contributed by atoms with Crippen molar-refractivity contribution in [2.24, 2.45) is 0 Å². The van der Waals surface area contributed by atoms with Crippen molar-refractivity contribution in [3.63, 3.8) is 0 Å². The summed E-state index contributed by atoms with van der Waals surface area (Å²) in [6, 6.07) is 8.71. The van der Waals surface area contributed by atoms with Gasteiger partial charge in [0.25, 0.3) is 5.69 Å². The van der Waals surface area contributed by atoms with Gasteiger partial charge in [-0.05, 0) is 29.8 Å². The predicted molar refractivity (Wildman–Crippen MR) is 92.6 cm³/mol. The van der Waals surface area contributed by atoms with Crippen LogP contribution in [-0.4, -0.2) is 30.2 Å². The Bertz CT molecular complexity index is 843. The van der Waals surface area contributed by atoms with Crippen molar-refractivity contribution in [2.75, 3.05) is 20.0 Å². The molecule has 0 aromatic heterocycles. The molecule has 130 valence electrons. The molecule has 0 heterocycles. The zero-order valence-electron chi connectivity index (χ0n) is 13.6. The molecule has 2 aromatic carbocycles. The molecule has 0 aliphatic rings. The lowest BCUT2D eigenvalue weighted by Crippen LogP contribution is -2.02. The van der Waals surface area contributed by atoms with Crippen LogP contribution in [0.15, 0.2) is 36.4 Å². The first kappa shape index (κ1) is 17.8. The Morgan fingerprint density at radius 1 is 1.16 bits per heavy atom. The molecule has 0 fully saturated rings. The van der Waals surface area contributed by atoms with Gasteiger partial charge < -0.3 is 20.3 Å². The number of carboxylic acid groups (broad SMARTS) is 1. The number of nitro groups is 1. The van der Waals surface area contributed by atoms with Gasteiger partial charge in [-0.2, -0.15) is 0 Å². The van der Waals surface area contributed by atoms with Crippen LogP contribution in [0, 0.1) is 10.1 Å².